The van der Waals surface area contributed by atoms with E-state index < -0.39 is 0 Å². The van der Waals surface area contributed by atoms with Gasteiger partial charge in [0.2, 0.25) is 0 Å². The molecule has 0 saturated carbocycles. The van der Waals surface area contributed by atoms with Gasteiger partial charge in [0.1, 0.15) is 0 Å². The van der Waals surface area contributed by atoms with Crippen LogP contribution >= 0.6 is 0 Å². The molecule has 3 nitrogen and oxygen atoms in total. The molecule has 1 aromatic carbocycles. The summed E-state index contributed by atoms with van der Waals surface area (Å²) in [5.41, 5.74) is 2.62. The molecule has 74 valence electrons. The number of hydrogen-bond acceptors (Lipinski definition) is 3. The van der Waals surface area contributed by atoms with Gasteiger partial charge in [0, 0.05) is 18.0 Å². The van der Waals surface area contributed by atoms with Crippen molar-refractivity contribution in [2.45, 2.75) is 6.92 Å². The van der Waals surface area contributed by atoms with Crippen molar-refractivity contribution in [2.75, 3.05) is 0 Å². The van der Waals surface area contributed by atoms with Crippen LogP contribution in [-0.4, -0.2) is 16.3 Å². The van der Waals surface area contributed by atoms with E-state index in [-0.39, 0.29) is 0 Å². The highest BCUT2D eigenvalue weighted by atomic mass is 16.1. The molecule has 0 radical (unpaired) electrons. The van der Waals surface area contributed by atoms with Crippen LogP contribution in [0.25, 0.3) is 11.4 Å². The smallest absolute Gasteiger partial charge is 0.159 e. The van der Waals surface area contributed by atoms with Crippen molar-refractivity contribution >= 4 is 6.29 Å². The van der Waals surface area contributed by atoms with Crippen molar-refractivity contribution in [1.82, 2.24) is 9.97 Å². The summed E-state index contributed by atoms with van der Waals surface area (Å²) >= 11 is 0. The predicted octanol–water partition coefficient (Wildman–Crippen LogP) is 2.26. The topological polar surface area (TPSA) is 42.9 Å². The quantitative estimate of drug-likeness (QED) is 0.695. The highest BCUT2D eigenvalue weighted by molar-refractivity contribution is 5.73. The number of rotatable bonds is 2. The third kappa shape index (κ3) is 2.07. The number of carbonyl (C=O) groups is 1. The number of aldehydes is 1. The van der Waals surface area contributed by atoms with Crippen molar-refractivity contribution in [3.05, 3.63) is 47.8 Å². The number of aromatic nitrogens is 2. The Morgan fingerprint density at radius 3 is 2.53 bits per heavy atom. The lowest BCUT2D eigenvalue weighted by Gasteiger charge is -2.00. The molecule has 0 N–H and O–H groups in total. The average molecular weight is 198 g/mol. The second-order valence-electron chi connectivity index (χ2n) is 3.33. The summed E-state index contributed by atoms with van der Waals surface area (Å²) in [5.74, 6) is 0.643. The maximum absolute atomic E-state index is 10.4. The van der Waals surface area contributed by atoms with Crippen molar-refractivity contribution in [2.24, 2.45) is 0 Å². The van der Waals surface area contributed by atoms with E-state index in [4.69, 9.17) is 0 Å². The summed E-state index contributed by atoms with van der Waals surface area (Å²) in [6.07, 6.45) is 3.79. The molecule has 0 bridgehead atoms. The molecule has 0 atom stereocenters. The lowest BCUT2D eigenvalue weighted by molar-refractivity contribution is 0.112. The third-order valence-electron chi connectivity index (χ3n) is 2.08. The lowest BCUT2D eigenvalue weighted by Crippen LogP contribution is -1.91. The zero-order valence-corrected chi connectivity index (χ0v) is 8.34. The molecular formula is C12H10N2O. The highest BCUT2D eigenvalue weighted by Gasteiger charge is 2.00. The van der Waals surface area contributed by atoms with E-state index in [1.807, 2.05) is 31.2 Å². The van der Waals surface area contributed by atoms with E-state index in [2.05, 4.69) is 9.97 Å². The monoisotopic (exact) mass is 198 g/mol. The molecule has 0 aliphatic carbocycles. The third-order valence-corrected chi connectivity index (χ3v) is 2.08. The average Bonchev–Trinajstić information content (AvgIpc) is 2.29. The molecule has 0 spiro atoms. The van der Waals surface area contributed by atoms with E-state index in [0.29, 0.717) is 11.4 Å². The SMILES string of the molecule is Cc1cccc(-c2ncc(C=O)cn2)c1. The Labute approximate surface area is 87.8 Å². The van der Waals surface area contributed by atoms with Gasteiger partial charge in [0.15, 0.2) is 12.1 Å². The van der Waals surface area contributed by atoms with E-state index in [0.717, 1.165) is 17.4 Å². The van der Waals surface area contributed by atoms with Crippen LogP contribution in [0.3, 0.4) is 0 Å². The fourth-order valence-corrected chi connectivity index (χ4v) is 1.33. The van der Waals surface area contributed by atoms with E-state index in [9.17, 15) is 4.79 Å². The maximum atomic E-state index is 10.4. The first-order valence-electron chi connectivity index (χ1n) is 4.64. The van der Waals surface area contributed by atoms with Crippen LogP contribution < -0.4 is 0 Å². The van der Waals surface area contributed by atoms with Crippen LogP contribution in [0, 0.1) is 6.92 Å². The van der Waals surface area contributed by atoms with Crippen LogP contribution in [0.5, 0.6) is 0 Å². The van der Waals surface area contributed by atoms with Crippen molar-refractivity contribution in [3.8, 4) is 11.4 Å². The van der Waals surface area contributed by atoms with Crippen LogP contribution in [0.2, 0.25) is 0 Å². The second kappa shape index (κ2) is 4.00. The lowest BCUT2D eigenvalue weighted by atomic mass is 10.1. The molecule has 0 unspecified atom stereocenters. The number of carbonyl (C=O) groups excluding carboxylic acids is 1. The van der Waals surface area contributed by atoms with Gasteiger partial charge in [-0.2, -0.15) is 0 Å². The standard InChI is InChI=1S/C12H10N2O/c1-9-3-2-4-11(5-9)12-13-6-10(8-15)7-14-12/h2-8H,1H3. The van der Waals surface area contributed by atoms with Gasteiger partial charge in [-0.1, -0.05) is 23.8 Å². The van der Waals surface area contributed by atoms with Gasteiger partial charge >= 0.3 is 0 Å². The van der Waals surface area contributed by atoms with Crippen LogP contribution in [0.4, 0.5) is 0 Å². The zero-order valence-electron chi connectivity index (χ0n) is 8.34. The zero-order chi connectivity index (χ0) is 10.7. The van der Waals surface area contributed by atoms with E-state index in [1.54, 1.807) is 0 Å². The summed E-state index contributed by atoms with van der Waals surface area (Å²) in [4.78, 5) is 18.7. The molecule has 1 aromatic heterocycles. The normalized spacial score (nSPS) is 9.93. The summed E-state index contributed by atoms with van der Waals surface area (Å²) in [5, 5.41) is 0. The first-order valence-corrected chi connectivity index (χ1v) is 4.64. The Morgan fingerprint density at radius 2 is 1.93 bits per heavy atom. The van der Waals surface area contributed by atoms with Gasteiger partial charge in [0.25, 0.3) is 0 Å². The Hall–Kier alpha value is -2.03. The van der Waals surface area contributed by atoms with E-state index in [1.165, 1.54) is 12.4 Å². The number of benzene rings is 1. The van der Waals surface area contributed by atoms with Crippen molar-refractivity contribution in [3.63, 3.8) is 0 Å². The number of aryl methyl sites for hydroxylation is 1. The minimum Gasteiger partial charge on any atom is -0.298 e. The molecule has 0 aliphatic heterocycles. The molecule has 2 rings (SSSR count). The summed E-state index contributed by atoms with van der Waals surface area (Å²) in [6, 6.07) is 7.93. The van der Waals surface area contributed by atoms with Gasteiger partial charge in [-0.25, -0.2) is 9.97 Å². The molecule has 2 aromatic rings. The Balaban J connectivity index is 2.41. The molecule has 0 aliphatic rings. The van der Waals surface area contributed by atoms with Gasteiger partial charge in [-0.15, -0.1) is 0 Å². The van der Waals surface area contributed by atoms with Gasteiger partial charge in [-0.3, -0.25) is 4.79 Å². The summed E-state index contributed by atoms with van der Waals surface area (Å²) < 4.78 is 0. The van der Waals surface area contributed by atoms with Crippen LogP contribution in [0.15, 0.2) is 36.7 Å². The molecule has 1 heterocycles. The molecule has 0 saturated heterocycles. The number of nitrogens with zero attached hydrogens (tertiary/aromatic N) is 2. The van der Waals surface area contributed by atoms with Gasteiger partial charge < -0.3 is 0 Å². The minimum atomic E-state index is 0.492. The molecule has 3 heteroatoms. The largest absolute Gasteiger partial charge is 0.298 e. The summed E-state index contributed by atoms with van der Waals surface area (Å²) in [6.45, 7) is 2.02. The van der Waals surface area contributed by atoms with Crippen molar-refractivity contribution < 1.29 is 4.79 Å². The summed E-state index contributed by atoms with van der Waals surface area (Å²) in [7, 11) is 0. The van der Waals surface area contributed by atoms with Crippen LogP contribution in [-0.2, 0) is 0 Å². The maximum Gasteiger partial charge on any atom is 0.159 e. The van der Waals surface area contributed by atoms with Gasteiger partial charge in [0.05, 0.1) is 5.56 Å². The Kier molecular flexibility index (Phi) is 2.54. The second-order valence-corrected chi connectivity index (χ2v) is 3.33. The Morgan fingerprint density at radius 1 is 1.20 bits per heavy atom. The predicted molar refractivity (Wildman–Crippen MR) is 57.6 cm³/mol. The fourth-order valence-electron chi connectivity index (χ4n) is 1.33. The van der Waals surface area contributed by atoms with E-state index >= 15 is 0 Å². The van der Waals surface area contributed by atoms with Crippen molar-refractivity contribution in [1.29, 1.82) is 0 Å². The Bertz CT molecular complexity index is 477. The van der Waals surface area contributed by atoms with Crippen LogP contribution in [0.1, 0.15) is 15.9 Å². The first-order chi connectivity index (χ1) is 7.29. The number of hydrogen-bond donors (Lipinski definition) is 0. The minimum absolute atomic E-state index is 0.492. The molecular weight excluding hydrogens is 188 g/mol. The highest BCUT2D eigenvalue weighted by Crippen LogP contribution is 2.15. The van der Waals surface area contributed by atoms with Gasteiger partial charge in [-0.05, 0) is 13.0 Å². The first kappa shape index (κ1) is 9.52. The molecule has 0 amide bonds. The molecule has 0 fully saturated rings. The fraction of sp³-hybridized carbons (Fsp3) is 0.0833. The molecule has 15 heavy (non-hydrogen) atoms.